The molecule has 1 N–H and O–H groups in total. The van der Waals surface area contributed by atoms with Gasteiger partial charge in [0, 0.05) is 17.4 Å². The molecule has 0 fully saturated rings. The number of nitrogens with zero attached hydrogens (tertiary/aromatic N) is 1. The highest BCUT2D eigenvalue weighted by Gasteiger charge is 2.26. The smallest absolute Gasteiger partial charge is 0.243 e. The summed E-state index contributed by atoms with van der Waals surface area (Å²) in [6, 6.07) is 16.1. The van der Waals surface area contributed by atoms with Crippen molar-refractivity contribution >= 4 is 17.3 Å². The minimum atomic E-state index is -0.00212. The first-order chi connectivity index (χ1) is 11.2. The molecule has 3 rings (SSSR count). The summed E-state index contributed by atoms with van der Waals surface area (Å²) in [6.07, 6.45) is 0.993. The zero-order chi connectivity index (χ0) is 16.2. The topological polar surface area (TPSA) is 41.6 Å². The highest BCUT2D eigenvalue weighted by molar-refractivity contribution is 5.94. The van der Waals surface area contributed by atoms with E-state index in [-0.39, 0.29) is 5.91 Å². The van der Waals surface area contributed by atoms with Gasteiger partial charge in [0.1, 0.15) is 5.75 Å². The summed E-state index contributed by atoms with van der Waals surface area (Å²) in [5.41, 5.74) is 3.27. The molecule has 2 aromatic rings. The average molecular weight is 310 g/mol. The molecule has 0 aromatic heterocycles. The summed E-state index contributed by atoms with van der Waals surface area (Å²) in [5.74, 6) is 0.810. The lowest BCUT2D eigenvalue weighted by atomic mass is 10.1. The van der Waals surface area contributed by atoms with Gasteiger partial charge in [0.2, 0.25) is 5.91 Å². The predicted octanol–water partition coefficient (Wildman–Crippen LogP) is 3.48. The zero-order valence-electron chi connectivity index (χ0n) is 13.6. The third kappa shape index (κ3) is 3.47. The van der Waals surface area contributed by atoms with Crippen LogP contribution < -0.4 is 15.0 Å². The van der Waals surface area contributed by atoms with Gasteiger partial charge in [0.25, 0.3) is 0 Å². The maximum absolute atomic E-state index is 12.4. The Labute approximate surface area is 137 Å². The summed E-state index contributed by atoms with van der Waals surface area (Å²) >= 11 is 0. The number of anilines is 2. The van der Waals surface area contributed by atoms with Crippen LogP contribution in [0.3, 0.4) is 0 Å². The van der Waals surface area contributed by atoms with Crippen molar-refractivity contribution in [3.63, 3.8) is 0 Å². The van der Waals surface area contributed by atoms with Gasteiger partial charge in [-0.3, -0.25) is 4.79 Å². The second-order valence-corrected chi connectivity index (χ2v) is 5.82. The van der Waals surface area contributed by atoms with Gasteiger partial charge < -0.3 is 15.0 Å². The molecule has 4 heteroatoms. The predicted molar refractivity (Wildman–Crippen MR) is 93.2 cm³/mol. The molecule has 1 unspecified atom stereocenters. The van der Waals surface area contributed by atoms with Gasteiger partial charge in [-0.15, -0.1) is 0 Å². The van der Waals surface area contributed by atoms with Crippen LogP contribution in [0.2, 0.25) is 0 Å². The molecule has 1 aliphatic rings. The lowest BCUT2D eigenvalue weighted by Crippen LogP contribution is -2.37. The maximum atomic E-state index is 12.4. The number of hydrogen-bond donors (Lipinski definition) is 1. The Morgan fingerprint density at radius 2 is 1.96 bits per heavy atom. The Morgan fingerprint density at radius 3 is 2.70 bits per heavy atom. The number of benzene rings is 2. The lowest BCUT2D eigenvalue weighted by Gasteiger charge is -2.24. The van der Waals surface area contributed by atoms with Crippen LogP contribution in [-0.4, -0.2) is 25.1 Å². The molecular weight excluding hydrogens is 288 g/mol. The molecular formula is C19H22N2O2. The van der Waals surface area contributed by atoms with Gasteiger partial charge in [0.15, 0.2) is 0 Å². The van der Waals surface area contributed by atoms with Crippen LogP contribution in [0, 0.1) is 0 Å². The number of nitrogens with one attached hydrogen (secondary N) is 1. The van der Waals surface area contributed by atoms with Crippen LogP contribution in [0.4, 0.5) is 11.4 Å². The number of rotatable bonds is 5. The van der Waals surface area contributed by atoms with Crippen molar-refractivity contribution in [2.45, 2.75) is 26.3 Å². The molecule has 0 saturated carbocycles. The first-order valence-corrected chi connectivity index (χ1v) is 8.04. The van der Waals surface area contributed by atoms with E-state index >= 15 is 0 Å². The van der Waals surface area contributed by atoms with Gasteiger partial charge in [-0.25, -0.2) is 0 Å². The molecule has 0 radical (unpaired) electrons. The standard InChI is InChI=1S/C19H22N2O2/c1-3-23-17-10-8-16(9-11-17)20-19(22)13-21-14(2)12-15-6-4-5-7-18(15)21/h4-11,14H,3,12-13H2,1-2H3,(H,20,22). The Bertz CT molecular complexity index is 682. The van der Waals surface area contributed by atoms with E-state index in [0.717, 1.165) is 17.9 Å². The number of hydrogen-bond acceptors (Lipinski definition) is 3. The van der Waals surface area contributed by atoms with Crippen LogP contribution in [0.1, 0.15) is 19.4 Å². The third-order valence-electron chi connectivity index (χ3n) is 4.11. The average Bonchev–Trinajstić information content (AvgIpc) is 2.85. The minimum absolute atomic E-state index is 0.00212. The van der Waals surface area contributed by atoms with Crippen molar-refractivity contribution < 1.29 is 9.53 Å². The van der Waals surface area contributed by atoms with E-state index in [1.165, 1.54) is 11.3 Å². The maximum Gasteiger partial charge on any atom is 0.243 e. The first kappa shape index (κ1) is 15.4. The Hall–Kier alpha value is -2.49. The van der Waals surface area contributed by atoms with E-state index < -0.39 is 0 Å². The van der Waals surface area contributed by atoms with Crippen LogP contribution in [0.15, 0.2) is 48.5 Å². The van der Waals surface area contributed by atoms with Crippen LogP contribution in [-0.2, 0) is 11.2 Å². The normalized spacial score (nSPS) is 16.1. The molecule has 4 nitrogen and oxygen atoms in total. The molecule has 23 heavy (non-hydrogen) atoms. The molecule has 120 valence electrons. The molecule has 0 spiro atoms. The number of fused-ring (bicyclic) bond motifs is 1. The zero-order valence-corrected chi connectivity index (χ0v) is 13.6. The number of amides is 1. The fraction of sp³-hybridized carbons (Fsp3) is 0.316. The van der Waals surface area contributed by atoms with Crippen LogP contribution >= 0.6 is 0 Å². The Morgan fingerprint density at radius 1 is 1.22 bits per heavy atom. The second-order valence-electron chi connectivity index (χ2n) is 5.82. The van der Waals surface area contributed by atoms with E-state index in [4.69, 9.17) is 4.74 Å². The highest BCUT2D eigenvalue weighted by atomic mass is 16.5. The molecule has 1 amide bonds. The molecule has 0 saturated heterocycles. The van der Waals surface area contributed by atoms with Gasteiger partial charge in [0.05, 0.1) is 13.2 Å². The Balaban J connectivity index is 1.63. The van der Waals surface area contributed by atoms with Gasteiger partial charge >= 0.3 is 0 Å². The van der Waals surface area contributed by atoms with Crippen LogP contribution in [0.5, 0.6) is 5.75 Å². The van der Waals surface area contributed by atoms with Gasteiger partial charge in [-0.2, -0.15) is 0 Å². The van der Waals surface area contributed by atoms with Crippen molar-refractivity contribution in [2.24, 2.45) is 0 Å². The SMILES string of the molecule is CCOc1ccc(NC(=O)CN2c3ccccc3CC2C)cc1. The first-order valence-electron chi connectivity index (χ1n) is 8.04. The van der Waals surface area contributed by atoms with E-state index in [9.17, 15) is 4.79 Å². The van der Waals surface area contributed by atoms with Crippen molar-refractivity contribution in [1.29, 1.82) is 0 Å². The number of carbonyl (C=O) groups excluding carboxylic acids is 1. The van der Waals surface area contributed by atoms with Crippen LogP contribution in [0.25, 0.3) is 0 Å². The largest absolute Gasteiger partial charge is 0.494 e. The van der Waals surface area contributed by atoms with Crippen molar-refractivity contribution in [1.82, 2.24) is 0 Å². The minimum Gasteiger partial charge on any atom is -0.494 e. The van der Waals surface area contributed by atoms with E-state index in [2.05, 4.69) is 35.3 Å². The highest BCUT2D eigenvalue weighted by Crippen LogP contribution is 2.31. The number of para-hydroxylation sites is 1. The van der Waals surface area contributed by atoms with Crippen molar-refractivity contribution in [3.8, 4) is 5.75 Å². The quantitative estimate of drug-likeness (QED) is 0.919. The molecule has 0 bridgehead atoms. The van der Waals surface area contributed by atoms with E-state index in [1.54, 1.807) is 0 Å². The molecule has 1 heterocycles. The second kappa shape index (κ2) is 6.73. The molecule has 1 atom stereocenters. The number of carbonyl (C=O) groups is 1. The monoisotopic (exact) mass is 310 g/mol. The summed E-state index contributed by atoms with van der Waals surface area (Å²) < 4.78 is 5.41. The fourth-order valence-corrected chi connectivity index (χ4v) is 3.03. The lowest BCUT2D eigenvalue weighted by molar-refractivity contribution is -0.115. The third-order valence-corrected chi connectivity index (χ3v) is 4.11. The summed E-state index contributed by atoms with van der Waals surface area (Å²) in [5, 5.41) is 2.95. The van der Waals surface area contributed by atoms with E-state index in [1.807, 2.05) is 37.3 Å². The van der Waals surface area contributed by atoms with Gasteiger partial charge in [-0.1, -0.05) is 18.2 Å². The summed E-state index contributed by atoms with van der Waals surface area (Å²) in [6.45, 7) is 5.11. The van der Waals surface area contributed by atoms with Crippen molar-refractivity contribution in [3.05, 3.63) is 54.1 Å². The van der Waals surface area contributed by atoms with E-state index in [0.29, 0.717) is 19.2 Å². The van der Waals surface area contributed by atoms with Crippen molar-refractivity contribution in [2.75, 3.05) is 23.4 Å². The summed E-state index contributed by atoms with van der Waals surface area (Å²) in [7, 11) is 0. The summed E-state index contributed by atoms with van der Waals surface area (Å²) in [4.78, 5) is 14.5. The number of ether oxygens (including phenoxy) is 1. The molecule has 0 aliphatic carbocycles. The molecule has 1 aliphatic heterocycles. The fourth-order valence-electron chi connectivity index (χ4n) is 3.03. The Kier molecular flexibility index (Phi) is 4.51. The molecule has 2 aromatic carbocycles. The van der Waals surface area contributed by atoms with Gasteiger partial charge in [-0.05, 0) is 56.2 Å².